The van der Waals surface area contributed by atoms with Crippen LogP contribution in [-0.4, -0.2) is 15.8 Å². The maximum absolute atomic E-state index is 11.5. The van der Waals surface area contributed by atoms with Crippen LogP contribution in [-0.2, 0) is 14.1 Å². The summed E-state index contributed by atoms with van der Waals surface area (Å²) in [5, 5.41) is 13.7. The summed E-state index contributed by atoms with van der Waals surface area (Å²) in [6.45, 7) is 0.568. The number of hydrogen-bond donors (Lipinski definition) is 3. The lowest BCUT2D eigenvalue weighted by Gasteiger charge is -2.08. The third kappa shape index (κ3) is 0.881. The van der Waals surface area contributed by atoms with Gasteiger partial charge in [-0.25, -0.2) is 4.79 Å². The molecule has 0 aliphatic carbocycles. The first-order chi connectivity index (χ1) is 6.13. The van der Waals surface area contributed by atoms with Crippen molar-refractivity contribution in [2.75, 3.05) is 17.3 Å². The molecule has 0 fully saturated rings. The Balaban J connectivity index is 2.93. The second-order valence-corrected chi connectivity index (χ2v) is 3.00. The molecule has 0 aromatic carbocycles. The van der Waals surface area contributed by atoms with E-state index in [0.717, 1.165) is 0 Å². The van der Waals surface area contributed by atoms with Crippen LogP contribution in [0, 0.1) is 5.41 Å². The van der Waals surface area contributed by atoms with Crippen LogP contribution in [0.15, 0.2) is 4.79 Å². The Labute approximate surface area is 74.3 Å². The minimum atomic E-state index is -0.194. The van der Waals surface area contributed by atoms with E-state index in [4.69, 9.17) is 5.41 Å². The standard InChI is InChI=1S/C7H11N5O/c1-11-5(8)4-6(10-3-9-4)12(2)7(11)13/h8-10H,3H2,1-2H3. The van der Waals surface area contributed by atoms with Gasteiger partial charge in [0.2, 0.25) is 0 Å². The molecule has 13 heavy (non-hydrogen) atoms. The highest BCUT2D eigenvalue weighted by Crippen LogP contribution is 2.17. The minimum absolute atomic E-state index is 0.194. The summed E-state index contributed by atoms with van der Waals surface area (Å²) in [6, 6.07) is 0. The normalized spacial score (nSPS) is 13.4. The Morgan fingerprint density at radius 3 is 2.69 bits per heavy atom. The van der Waals surface area contributed by atoms with Gasteiger partial charge < -0.3 is 10.6 Å². The van der Waals surface area contributed by atoms with Crippen molar-refractivity contribution in [3.63, 3.8) is 0 Å². The summed E-state index contributed by atoms with van der Waals surface area (Å²) >= 11 is 0. The largest absolute Gasteiger partial charge is 0.362 e. The molecule has 6 heteroatoms. The molecular weight excluding hydrogens is 170 g/mol. The molecule has 2 rings (SSSR count). The van der Waals surface area contributed by atoms with E-state index in [1.54, 1.807) is 14.1 Å². The lowest BCUT2D eigenvalue weighted by atomic mass is 10.4. The molecule has 6 nitrogen and oxygen atoms in total. The molecule has 0 saturated heterocycles. The third-order valence-corrected chi connectivity index (χ3v) is 2.24. The van der Waals surface area contributed by atoms with Crippen molar-refractivity contribution in [1.29, 1.82) is 5.41 Å². The van der Waals surface area contributed by atoms with Crippen molar-refractivity contribution in [1.82, 2.24) is 9.13 Å². The maximum Gasteiger partial charge on any atom is 0.330 e. The fourth-order valence-corrected chi connectivity index (χ4v) is 1.45. The Morgan fingerprint density at radius 1 is 1.31 bits per heavy atom. The molecule has 1 aromatic rings. The summed E-state index contributed by atoms with van der Waals surface area (Å²) in [5.74, 6) is 0.688. The van der Waals surface area contributed by atoms with Crippen molar-refractivity contribution in [3.8, 4) is 0 Å². The quantitative estimate of drug-likeness (QED) is 0.480. The molecule has 0 radical (unpaired) electrons. The van der Waals surface area contributed by atoms with E-state index >= 15 is 0 Å². The van der Waals surface area contributed by atoms with Crippen LogP contribution in [0.1, 0.15) is 0 Å². The van der Waals surface area contributed by atoms with Crippen LogP contribution in [0.5, 0.6) is 0 Å². The Bertz CT molecular complexity index is 469. The highest BCUT2D eigenvalue weighted by atomic mass is 16.1. The van der Waals surface area contributed by atoms with Gasteiger partial charge in [0, 0.05) is 14.1 Å². The van der Waals surface area contributed by atoms with Crippen molar-refractivity contribution >= 4 is 11.5 Å². The number of anilines is 2. The zero-order valence-corrected chi connectivity index (χ0v) is 7.51. The predicted octanol–water partition coefficient (Wildman–Crippen LogP) is -1.00. The van der Waals surface area contributed by atoms with Crippen molar-refractivity contribution in [3.05, 3.63) is 16.0 Å². The fraction of sp³-hybridized carbons (Fsp3) is 0.429. The molecule has 3 N–H and O–H groups in total. The summed E-state index contributed by atoms with van der Waals surface area (Å²) in [6.07, 6.45) is 0. The number of fused-ring (bicyclic) bond motifs is 1. The van der Waals surface area contributed by atoms with Crippen molar-refractivity contribution in [2.24, 2.45) is 14.1 Å². The minimum Gasteiger partial charge on any atom is -0.362 e. The van der Waals surface area contributed by atoms with Crippen molar-refractivity contribution < 1.29 is 0 Å². The Morgan fingerprint density at radius 2 is 2.00 bits per heavy atom. The number of hydrogen-bond acceptors (Lipinski definition) is 4. The Kier molecular flexibility index (Phi) is 1.45. The van der Waals surface area contributed by atoms with E-state index < -0.39 is 0 Å². The van der Waals surface area contributed by atoms with Gasteiger partial charge in [-0.15, -0.1) is 0 Å². The predicted molar refractivity (Wildman–Crippen MR) is 48.6 cm³/mol. The van der Waals surface area contributed by atoms with Gasteiger partial charge in [-0.3, -0.25) is 14.5 Å². The Hall–Kier alpha value is -1.72. The number of nitrogens with zero attached hydrogens (tertiary/aromatic N) is 2. The molecule has 1 aliphatic rings. The fourth-order valence-electron chi connectivity index (χ4n) is 1.45. The molecule has 0 bridgehead atoms. The number of nitrogens with one attached hydrogen (secondary N) is 3. The average Bonchev–Trinajstić information content (AvgIpc) is 2.59. The van der Waals surface area contributed by atoms with Gasteiger partial charge in [-0.1, -0.05) is 0 Å². The first-order valence-corrected chi connectivity index (χ1v) is 3.95. The van der Waals surface area contributed by atoms with Gasteiger partial charge in [0.25, 0.3) is 0 Å². The van der Waals surface area contributed by atoms with Crippen LogP contribution >= 0.6 is 0 Å². The van der Waals surface area contributed by atoms with Crippen molar-refractivity contribution in [2.45, 2.75) is 0 Å². The number of aromatic nitrogens is 2. The molecule has 70 valence electrons. The molecular formula is C7H11N5O. The van der Waals surface area contributed by atoms with Crippen LogP contribution in [0.25, 0.3) is 0 Å². The summed E-state index contributed by atoms with van der Waals surface area (Å²) < 4.78 is 2.80. The smallest absolute Gasteiger partial charge is 0.330 e. The lowest BCUT2D eigenvalue weighted by molar-refractivity contribution is 0.681. The molecule has 0 atom stereocenters. The maximum atomic E-state index is 11.5. The SMILES string of the molecule is Cn1c2c(c(=N)n(C)c1=O)NCN2. The monoisotopic (exact) mass is 181 g/mol. The second kappa shape index (κ2) is 2.38. The lowest BCUT2D eigenvalue weighted by Crippen LogP contribution is -2.37. The molecule has 1 aromatic heterocycles. The first-order valence-electron chi connectivity index (χ1n) is 3.95. The van der Waals surface area contributed by atoms with E-state index in [-0.39, 0.29) is 11.2 Å². The topological polar surface area (TPSA) is 74.8 Å². The van der Waals surface area contributed by atoms with Crippen LogP contribution in [0.2, 0.25) is 0 Å². The van der Waals surface area contributed by atoms with E-state index in [9.17, 15) is 4.79 Å². The zero-order chi connectivity index (χ0) is 9.59. The van der Waals surface area contributed by atoms with E-state index in [2.05, 4.69) is 10.6 Å². The average molecular weight is 181 g/mol. The molecule has 0 amide bonds. The molecule has 0 spiro atoms. The second-order valence-electron chi connectivity index (χ2n) is 3.00. The molecule has 0 unspecified atom stereocenters. The first kappa shape index (κ1) is 7.90. The van der Waals surface area contributed by atoms with E-state index in [1.165, 1.54) is 9.13 Å². The highest BCUT2D eigenvalue weighted by molar-refractivity contribution is 5.67. The van der Waals surface area contributed by atoms with Gasteiger partial charge >= 0.3 is 5.69 Å². The molecule has 1 aliphatic heterocycles. The highest BCUT2D eigenvalue weighted by Gasteiger charge is 2.16. The van der Waals surface area contributed by atoms with Gasteiger partial charge in [0.05, 0.1) is 6.67 Å². The molecule has 0 saturated carbocycles. The third-order valence-electron chi connectivity index (χ3n) is 2.24. The van der Waals surface area contributed by atoms with E-state index in [1.807, 2.05) is 0 Å². The van der Waals surface area contributed by atoms with Gasteiger partial charge in [0.1, 0.15) is 11.5 Å². The van der Waals surface area contributed by atoms with E-state index in [0.29, 0.717) is 18.2 Å². The zero-order valence-electron chi connectivity index (χ0n) is 7.51. The van der Waals surface area contributed by atoms with Crippen LogP contribution in [0.4, 0.5) is 11.5 Å². The van der Waals surface area contributed by atoms with Gasteiger partial charge in [-0.05, 0) is 0 Å². The summed E-state index contributed by atoms with van der Waals surface area (Å²) in [4.78, 5) is 11.5. The summed E-state index contributed by atoms with van der Waals surface area (Å²) in [7, 11) is 3.27. The summed E-state index contributed by atoms with van der Waals surface area (Å²) in [5.41, 5.74) is 0.702. The van der Waals surface area contributed by atoms with Crippen LogP contribution < -0.4 is 21.8 Å². The van der Waals surface area contributed by atoms with Crippen LogP contribution in [0.3, 0.4) is 0 Å². The number of rotatable bonds is 0. The molecule has 2 heterocycles. The van der Waals surface area contributed by atoms with Gasteiger partial charge in [0.15, 0.2) is 5.49 Å². The van der Waals surface area contributed by atoms with Gasteiger partial charge in [-0.2, -0.15) is 0 Å².